The fourth-order valence-electron chi connectivity index (χ4n) is 0.488. The molecule has 2 N–H and O–H groups in total. The third-order valence-electron chi connectivity index (χ3n) is 0.895. The molecule has 1 atom stereocenters. The van der Waals surface area contributed by atoms with Crippen LogP contribution in [0.5, 0.6) is 0 Å². The van der Waals surface area contributed by atoms with Crippen LogP contribution in [0.4, 0.5) is 0 Å². The maximum atomic E-state index is 9.89. The molecule has 3 nitrogen and oxygen atoms in total. The molecular formula is C5H4BrNO2. The quantitative estimate of drug-likeness (QED) is 0.558. The van der Waals surface area contributed by atoms with Crippen molar-refractivity contribution >= 4 is 21.9 Å². The molecule has 0 aromatic heterocycles. The Kier molecular flexibility index (Phi) is 1.71. The van der Waals surface area contributed by atoms with Crippen molar-refractivity contribution in [2.45, 2.75) is 6.23 Å². The van der Waals surface area contributed by atoms with E-state index in [0.717, 1.165) is 0 Å². The van der Waals surface area contributed by atoms with Gasteiger partial charge in [-0.3, -0.25) is 5.73 Å². The summed E-state index contributed by atoms with van der Waals surface area (Å²) in [6.07, 6.45) is 0.971. The van der Waals surface area contributed by atoms with E-state index in [2.05, 4.69) is 15.9 Å². The minimum Gasteiger partial charge on any atom is -0.460 e. The Hall–Kier alpha value is -0.570. The monoisotopic (exact) mass is 189 g/mol. The highest BCUT2D eigenvalue weighted by Crippen LogP contribution is 2.21. The maximum absolute atomic E-state index is 9.89. The molecular weight excluding hydrogens is 186 g/mol. The average molecular weight is 190 g/mol. The molecule has 1 aliphatic rings. The molecule has 0 bridgehead atoms. The first kappa shape index (κ1) is 6.55. The lowest BCUT2D eigenvalue weighted by molar-refractivity contribution is 0.189. The minimum absolute atomic E-state index is 0.148. The van der Waals surface area contributed by atoms with Gasteiger partial charge in [-0.2, -0.15) is 0 Å². The van der Waals surface area contributed by atoms with Crippen LogP contribution >= 0.6 is 15.9 Å². The van der Waals surface area contributed by atoms with Gasteiger partial charge in [-0.05, 0) is 15.9 Å². The van der Waals surface area contributed by atoms with E-state index in [0.29, 0.717) is 4.48 Å². The van der Waals surface area contributed by atoms with Gasteiger partial charge in [0, 0.05) is 6.08 Å². The Labute approximate surface area is 60.3 Å². The van der Waals surface area contributed by atoms with E-state index in [9.17, 15) is 4.79 Å². The summed E-state index contributed by atoms with van der Waals surface area (Å²) in [7, 11) is 0. The van der Waals surface area contributed by atoms with E-state index >= 15 is 0 Å². The van der Waals surface area contributed by atoms with E-state index in [1.54, 1.807) is 5.94 Å². The van der Waals surface area contributed by atoms with Crippen LogP contribution in [0.15, 0.2) is 16.3 Å². The minimum atomic E-state index is -0.526. The summed E-state index contributed by atoms with van der Waals surface area (Å²) < 4.78 is 5.42. The first-order valence-corrected chi connectivity index (χ1v) is 3.08. The Balaban J connectivity index is 2.86. The first-order valence-electron chi connectivity index (χ1n) is 2.28. The SMILES string of the molecule is NC1OC(=C=O)C=C1Br. The highest BCUT2D eigenvalue weighted by molar-refractivity contribution is 9.11. The van der Waals surface area contributed by atoms with Gasteiger partial charge < -0.3 is 4.74 Å². The summed E-state index contributed by atoms with van der Waals surface area (Å²) in [5.74, 6) is 1.73. The molecule has 1 aliphatic heterocycles. The topological polar surface area (TPSA) is 52.3 Å². The number of halogens is 1. The van der Waals surface area contributed by atoms with Crippen LogP contribution in [-0.4, -0.2) is 12.2 Å². The molecule has 1 unspecified atom stereocenters. The van der Waals surface area contributed by atoms with Crippen molar-refractivity contribution in [3.63, 3.8) is 0 Å². The molecule has 48 valence electrons. The Bertz CT molecular complexity index is 205. The van der Waals surface area contributed by atoms with Gasteiger partial charge in [-0.1, -0.05) is 0 Å². The molecule has 0 aromatic carbocycles. The Morgan fingerprint density at radius 1 is 1.89 bits per heavy atom. The van der Waals surface area contributed by atoms with Crippen molar-refractivity contribution in [2.75, 3.05) is 0 Å². The van der Waals surface area contributed by atoms with Crippen molar-refractivity contribution in [3.8, 4) is 0 Å². The van der Waals surface area contributed by atoms with E-state index < -0.39 is 6.23 Å². The van der Waals surface area contributed by atoms with Crippen LogP contribution in [0.25, 0.3) is 0 Å². The third-order valence-corrected chi connectivity index (χ3v) is 1.58. The molecule has 0 amide bonds. The number of allylic oxidation sites excluding steroid dienone is 1. The van der Waals surface area contributed by atoms with Crippen molar-refractivity contribution in [3.05, 3.63) is 16.3 Å². The van der Waals surface area contributed by atoms with Crippen LogP contribution in [-0.2, 0) is 9.53 Å². The fraction of sp³-hybridized carbons (Fsp3) is 0.200. The van der Waals surface area contributed by atoms with Crippen LogP contribution in [0.3, 0.4) is 0 Å². The molecule has 0 saturated carbocycles. The van der Waals surface area contributed by atoms with Crippen LogP contribution in [0.1, 0.15) is 0 Å². The summed E-state index contributed by atoms with van der Waals surface area (Å²) in [5, 5.41) is 0. The second-order valence-corrected chi connectivity index (χ2v) is 2.45. The summed E-state index contributed by atoms with van der Waals surface area (Å²) in [6.45, 7) is 0. The zero-order valence-corrected chi connectivity index (χ0v) is 6.01. The Morgan fingerprint density at radius 3 is 2.78 bits per heavy atom. The predicted octanol–water partition coefficient (Wildman–Crippen LogP) is 0.296. The number of hydrogen-bond acceptors (Lipinski definition) is 3. The standard InChI is InChI=1S/C5H4BrNO2/c6-4-1-3(2-8)9-5(4)7/h1,5H,7H2. The molecule has 9 heavy (non-hydrogen) atoms. The second-order valence-electron chi connectivity index (χ2n) is 1.53. The molecule has 0 aromatic rings. The van der Waals surface area contributed by atoms with Gasteiger partial charge in [0.1, 0.15) is 0 Å². The molecule has 1 heterocycles. The van der Waals surface area contributed by atoms with Gasteiger partial charge >= 0.3 is 0 Å². The molecule has 4 heteroatoms. The summed E-state index contributed by atoms with van der Waals surface area (Å²) in [5.41, 5.74) is 5.31. The molecule has 0 spiro atoms. The highest BCUT2D eigenvalue weighted by atomic mass is 79.9. The van der Waals surface area contributed by atoms with Gasteiger partial charge in [0.05, 0.1) is 4.48 Å². The number of nitrogens with two attached hydrogens (primary N) is 1. The lowest BCUT2D eigenvalue weighted by atomic mass is 10.5. The van der Waals surface area contributed by atoms with Gasteiger partial charge in [-0.25, -0.2) is 4.79 Å². The van der Waals surface area contributed by atoms with Crippen LogP contribution < -0.4 is 5.73 Å². The zero-order valence-electron chi connectivity index (χ0n) is 4.43. The lowest BCUT2D eigenvalue weighted by Crippen LogP contribution is -2.18. The fourth-order valence-corrected chi connectivity index (χ4v) is 0.789. The molecule has 1 rings (SSSR count). The number of rotatable bonds is 0. The Morgan fingerprint density at radius 2 is 2.56 bits per heavy atom. The summed E-state index contributed by atoms with van der Waals surface area (Å²) >= 11 is 3.10. The van der Waals surface area contributed by atoms with E-state index in [4.69, 9.17) is 10.5 Å². The highest BCUT2D eigenvalue weighted by Gasteiger charge is 2.17. The molecule has 0 radical (unpaired) electrons. The van der Waals surface area contributed by atoms with Crippen molar-refractivity contribution in [1.82, 2.24) is 0 Å². The molecule has 0 fully saturated rings. The van der Waals surface area contributed by atoms with Crippen molar-refractivity contribution in [1.29, 1.82) is 0 Å². The largest absolute Gasteiger partial charge is 0.460 e. The van der Waals surface area contributed by atoms with E-state index in [1.807, 2.05) is 0 Å². The summed E-state index contributed by atoms with van der Waals surface area (Å²) in [6, 6.07) is 0. The second kappa shape index (κ2) is 2.35. The number of ether oxygens (including phenoxy) is 1. The smallest absolute Gasteiger partial charge is 0.206 e. The molecule has 0 saturated heterocycles. The first-order chi connectivity index (χ1) is 4.24. The predicted molar refractivity (Wildman–Crippen MR) is 35.3 cm³/mol. The average Bonchev–Trinajstić information content (AvgIpc) is 2.13. The van der Waals surface area contributed by atoms with E-state index in [-0.39, 0.29) is 5.76 Å². The van der Waals surface area contributed by atoms with Crippen LogP contribution in [0, 0.1) is 0 Å². The normalized spacial score (nSPS) is 24.9. The van der Waals surface area contributed by atoms with Gasteiger partial charge in [0.15, 0.2) is 12.2 Å². The van der Waals surface area contributed by atoms with Crippen molar-refractivity contribution < 1.29 is 9.53 Å². The van der Waals surface area contributed by atoms with Crippen molar-refractivity contribution in [2.24, 2.45) is 5.73 Å². The molecule has 0 aliphatic carbocycles. The summed E-state index contributed by atoms with van der Waals surface area (Å²) in [4.78, 5) is 9.89. The third kappa shape index (κ3) is 1.21. The zero-order chi connectivity index (χ0) is 6.85. The van der Waals surface area contributed by atoms with Gasteiger partial charge in [0.2, 0.25) is 5.76 Å². The lowest BCUT2D eigenvalue weighted by Gasteiger charge is -2.01. The maximum Gasteiger partial charge on any atom is 0.206 e. The van der Waals surface area contributed by atoms with Gasteiger partial charge in [0.25, 0.3) is 0 Å². The number of hydrogen-bond donors (Lipinski definition) is 1. The van der Waals surface area contributed by atoms with Gasteiger partial charge in [-0.15, -0.1) is 0 Å². The van der Waals surface area contributed by atoms with E-state index in [1.165, 1.54) is 6.08 Å². The van der Waals surface area contributed by atoms with Crippen LogP contribution in [0.2, 0.25) is 0 Å². The number of carbonyl (C=O) groups excluding carboxylic acids is 1.